The Kier molecular flexibility index (Phi) is 3.04. The Balaban J connectivity index is 2.73. The zero-order chi connectivity index (χ0) is 9.14. The second-order valence-electron chi connectivity index (χ2n) is 3.35. The van der Waals surface area contributed by atoms with Gasteiger partial charge in [0.2, 0.25) is 0 Å². The van der Waals surface area contributed by atoms with Crippen LogP contribution < -0.4 is 0 Å². The van der Waals surface area contributed by atoms with E-state index in [0.29, 0.717) is 6.42 Å². The highest BCUT2D eigenvalue weighted by molar-refractivity contribution is 5.29. The van der Waals surface area contributed by atoms with E-state index in [1.807, 2.05) is 26.0 Å². The van der Waals surface area contributed by atoms with Crippen LogP contribution in [0, 0.1) is 5.92 Å². The molecule has 0 aromatic carbocycles. The molecular formula is C10H15FO. The molecule has 0 heterocycles. The largest absolute Gasteiger partial charge is 0.377 e. The summed E-state index contributed by atoms with van der Waals surface area (Å²) >= 11 is 0. The maximum atomic E-state index is 13.3. The van der Waals surface area contributed by atoms with Crippen LogP contribution in [0.3, 0.4) is 0 Å². The summed E-state index contributed by atoms with van der Waals surface area (Å²) in [5.41, 5.74) is 0.809. The molecule has 1 aliphatic carbocycles. The van der Waals surface area contributed by atoms with Gasteiger partial charge in [-0.1, -0.05) is 26.0 Å². The van der Waals surface area contributed by atoms with E-state index in [9.17, 15) is 4.39 Å². The minimum atomic E-state index is -0.0764. The van der Waals surface area contributed by atoms with Crippen LogP contribution in [0.2, 0.25) is 0 Å². The number of hydrogen-bond donors (Lipinski definition) is 0. The van der Waals surface area contributed by atoms with Gasteiger partial charge in [-0.05, 0) is 11.5 Å². The lowest BCUT2D eigenvalue weighted by Crippen LogP contribution is -2.12. The van der Waals surface area contributed by atoms with Crippen molar-refractivity contribution < 1.29 is 9.13 Å². The SMILES string of the molecule is COC1C=CC(C(C)C)=C(F)C1. The van der Waals surface area contributed by atoms with E-state index >= 15 is 0 Å². The van der Waals surface area contributed by atoms with Gasteiger partial charge in [-0.2, -0.15) is 0 Å². The number of methoxy groups -OCH3 is 1. The molecule has 1 nitrogen and oxygen atoms in total. The highest BCUT2D eigenvalue weighted by Crippen LogP contribution is 2.26. The molecule has 1 atom stereocenters. The van der Waals surface area contributed by atoms with E-state index < -0.39 is 0 Å². The van der Waals surface area contributed by atoms with Gasteiger partial charge >= 0.3 is 0 Å². The fraction of sp³-hybridized carbons (Fsp3) is 0.600. The van der Waals surface area contributed by atoms with E-state index in [0.717, 1.165) is 5.57 Å². The molecule has 0 spiro atoms. The molecule has 0 bridgehead atoms. The summed E-state index contributed by atoms with van der Waals surface area (Å²) in [5.74, 6) is 0.235. The van der Waals surface area contributed by atoms with Crippen LogP contribution in [0.15, 0.2) is 23.6 Å². The molecule has 0 amide bonds. The molecule has 1 aliphatic rings. The zero-order valence-electron chi connectivity index (χ0n) is 7.80. The van der Waals surface area contributed by atoms with Gasteiger partial charge < -0.3 is 4.74 Å². The van der Waals surface area contributed by atoms with Gasteiger partial charge in [0.15, 0.2) is 0 Å². The van der Waals surface area contributed by atoms with E-state index in [1.54, 1.807) is 7.11 Å². The number of allylic oxidation sites excluding steroid dienone is 2. The van der Waals surface area contributed by atoms with Crippen molar-refractivity contribution in [2.24, 2.45) is 5.92 Å². The smallest absolute Gasteiger partial charge is 0.106 e. The first-order valence-corrected chi connectivity index (χ1v) is 4.24. The van der Waals surface area contributed by atoms with Crippen LogP contribution >= 0.6 is 0 Å². The Morgan fingerprint density at radius 2 is 2.25 bits per heavy atom. The maximum absolute atomic E-state index is 13.3. The van der Waals surface area contributed by atoms with Crippen LogP contribution in [0.1, 0.15) is 20.3 Å². The highest BCUT2D eigenvalue weighted by atomic mass is 19.1. The van der Waals surface area contributed by atoms with Gasteiger partial charge in [-0.15, -0.1) is 0 Å². The number of hydrogen-bond acceptors (Lipinski definition) is 1. The Bertz CT molecular complexity index is 216. The highest BCUT2D eigenvalue weighted by Gasteiger charge is 2.17. The van der Waals surface area contributed by atoms with Crippen molar-refractivity contribution in [3.05, 3.63) is 23.6 Å². The topological polar surface area (TPSA) is 9.23 Å². The first kappa shape index (κ1) is 9.46. The van der Waals surface area contributed by atoms with Crippen LogP contribution in [0.25, 0.3) is 0 Å². The summed E-state index contributed by atoms with van der Waals surface area (Å²) < 4.78 is 18.3. The monoisotopic (exact) mass is 170 g/mol. The molecular weight excluding hydrogens is 155 g/mol. The van der Waals surface area contributed by atoms with Crippen LogP contribution in [-0.2, 0) is 4.74 Å². The third kappa shape index (κ3) is 1.95. The van der Waals surface area contributed by atoms with Gasteiger partial charge in [-0.25, -0.2) is 4.39 Å². The quantitative estimate of drug-likeness (QED) is 0.619. The number of halogens is 1. The van der Waals surface area contributed by atoms with Gasteiger partial charge in [-0.3, -0.25) is 0 Å². The van der Waals surface area contributed by atoms with Crippen molar-refractivity contribution in [2.75, 3.05) is 7.11 Å². The predicted octanol–water partition coefficient (Wildman–Crippen LogP) is 2.84. The third-order valence-corrected chi connectivity index (χ3v) is 2.11. The molecule has 0 saturated heterocycles. The van der Waals surface area contributed by atoms with E-state index in [-0.39, 0.29) is 17.8 Å². The molecule has 1 rings (SSSR count). The summed E-state index contributed by atoms with van der Waals surface area (Å²) in [6.45, 7) is 3.98. The third-order valence-electron chi connectivity index (χ3n) is 2.11. The van der Waals surface area contributed by atoms with Gasteiger partial charge in [0.25, 0.3) is 0 Å². The van der Waals surface area contributed by atoms with E-state index in [4.69, 9.17) is 4.74 Å². The minimum Gasteiger partial charge on any atom is -0.377 e. The van der Waals surface area contributed by atoms with Crippen LogP contribution in [0.4, 0.5) is 4.39 Å². The summed E-state index contributed by atoms with van der Waals surface area (Å²) in [7, 11) is 1.60. The van der Waals surface area contributed by atoms with Crippen LogP contribution in [0.5, 0.6) is 0 Å². The Labute approximate surface area is 72.9 Å². The number of ether oxygens (including phenoxy) is 1. The summed E-state index contributed by atoms with van der Waals surface area (Å²) in [6.07, 6.45) is 4.06. The van der Waals surface area contributed by atoms with Crippen molar-refractivity contribution in [1.29, 1.82) is 0 Å². The Hall–Kier alpha value is -0.630. The fourth-order valence-corrected chi connectivity index (χ4v) is 1.33. The zero-order valence-corrected chi connectivity index (χ0v) is 7.80. The standard InChI is InChI=1S/C10H15FO/c1-7(2)9-5-4-8(12-3)6-10(9)11/h4-5,7-8H,6H2,1-3H3. The Morgan fingerprint density at radius 3 is 2.67 bits per heavy atom. The van der Waals surface area contributed by atoms with Gasteiger partial charge in [0.05, 0.1) is 6.10 Å². The van der Waals surface area contributed by atoms with E-state index in [1.165, 1.54) is 0 Å². The molecule has 0 aromatic rings. The Morgan fingerprint density at radius 1 is 1.58 bits per heavy atom. The van der Waals surface area contributed by atoms with Crippen molar-refractivity contribution in [2.45, 2.75) is 26.4 Å². The first-order chi connectivity index (χ1) is 5.65. The average Bonchev–Trinajstić information content (AvgIpc) is 2.03. The lowest BCUT2D eigenvalue weighted by Gasteiger charge is -2.18. The molecule has 0 fully saturated rings. The molecule has 2 heteroatoms. The maximum Gasteiger partial charge on any atom is 0.106 e. The second kappa shape index (κ2) is 3.85. The lowest BCUT2D eigenvalue weighted by molar-refractivity contribution is 0.133. The molecule has 0 saturated carbocycles. The van der Waals surface area contributed by atoms with Crippen molar-refractivity contribution in [3.63, 3.8) is 0 Å². The van der Waals surface area contributed by atoms with Crippen molar-refractivity contribution in [3.8, 4) is 0 Å². The van der Waals surface area contributed by atoms with Crippen molar-refractivity contribution >= 4 is 0 Å². The molecule has 0 aromatic heterocycles. The van der Waals surface area contributed by atoms with Crippen LogP contribution in [-0.4, -0.2) is 13.2 Å². The average molecular weight is 170 g/mol. The summed E-state index contributed by atoms with van der Waals surface area (Å²) in [6, 6.07) is 0. The lowest BCUT2D eigenvalue weighted by atomic mass is 9.95. The molecule has 68 valence electrons. The predicted molar refractivity (Wildman–Crippen MR) is 47.5 cm³/mol. The van der Waals surface area contributed by atoms with Gasteiger partial charge in [0, 0.05) is 13.5 Å². The van der Waals surface area contributed by atoms with Crippen molar-refractivity contribution in [1.82, 2.24) is 0 Å². The second-order valence-corrected chi connectivity index (χ2v) is 3.35. The summed E-state index contributed by atoms with van der Waals surface area (Å²) in [5, 5.41) is 0. The fourth-order valence-electron chi connectivity index (χ4n) is 1.33. The minimum absolute atomic E-state index is 0.0284. The molecule has 12 heavy (non-hydrogen) atoms. The number of rotatable bonds is 2. The molecule has 1 unspecified atom stereocenters. The summed E-state index contributed by atoms with van der Waals surface area (Å²) in [4.78, 5) is 0. The normalized spacial score (nSPS) is 23.9. The molecule has 0 aliphatic heterocycles. The molecule has 0 N–H and O–H groups in total. The van der Waals surface area contributed by atoms with Gasteiger partial charge in [0.1, 0.15) is 5.83 Å². The van der Waals surface area contributed by atoms with E-state index in [2.05, 4.69) is 0 Å². The molecule has 0 radical (unpaired) electrons. The first-order valence-electron chi connectivity index (χ1n) is 4.24.